The highest BCUT2D eigenvalue weighted by Crippen LogP contribution is 2.46. The molecule has 5 aromatic heterocycles. The van der Waals surface area contributed by atoms with Crippen LogP contribution < -0.4 is 0 Å². The Morgan fingerprint density at radius 1 is 0.358 bits per heavy atom. The van der Waals surface area contributed by atoms with E-state index in [1.807, 2.05) is 45.0 Å². The molecule has 2 atom stereocenters. The van der Waals surface area contributed by atoms with Gasteiger partial charge >= 0.3 is 24.7 Å². The molecule has 0 radical (unpaired) electrons. The van der Waals surface area contributed by atoms with Gasteiger partial charge in [-0.2, -0.15) is 52.7 Å². The summed E-state index contributed by atoms with van der Waals surface area (Å²) in [6.45, 7) is 23.3. The topological polar surface area (TPSA) is 182 Å². The number of fused-ring (bicyclic) bond motifs is 4. The first-order chi connectivity index (χ1) is 69.1. The zero-order chi connectivity index (χ0) is 109. The fraction of sp³-hybridized carbons (Fsp3) is 0.432. The van der Waals surface area contributed by atoms with Gasteiger partial charge < -0.3 is 52.3 Å². The van der Waals surface area contributed by atoms with E-state index < -0.39 is 52.4 Å². The summed E-state index contributed by atoms with van der Waals surface area (Å²) in [6, 6.07) is 26.2. The Kier molecular flexibility index (Phi) is 35.9. The lowest BCUT2D eigenvalue weighted by atomic mass is 9.71. The number of carbonyl (C=O) groups excluding carboxylic acids is 8. The van der Waals surface area contributed by atoms with Gasteiger partial charge in [-0.15, -0.1) is 0 Å². The zero-order valence-corrected chi connectivity index (χ0v) is 90.5. The van der Waals surface area contributed by atoms with E-state index in [1.165, 1.54) is 6.20 Å². The number of benzene rings is 7. The van der Waals surface area contributed by atoms with Gasteiger partial charge in [0, 0.05) is 224 Å². The van der Waals surface area contributed by atoms with Crippen LogP contribution in [0.5, 0.6) is 0 Å². The Bertz CT molecular complexity index is 7170. The van der Waals surface area contributed by atoms with Crippen molar-refractivity contribution in [2.45, 2.75) is 197 Å². The van der Waals surface area contributed by atoms with E-state index in [9.17, 15) is 91.0 Å². The fourth-order valence-corrected chi connectivity index (χ4v) is 23.0. The normalized spacial score (nSPS) is 16.0. The SMILES string of the molecule is CC(=O)C(C)(C)C1CCN(C(=O)c2ccc(Cl)c(Cc3cc4c(C)cc(C(F)(F)F)cc4n3C)c2Cl)CC1.CC(=O)CC1CCN(C(=O)c2ccc(Cl)c(Cc3cc4c(C)cc(C(F)(F)F)cc4n3C)c2Cl)CC1C.CC(=O)CC1CCN(C(=O)c2cnc(Cl)c(Cc3cc4c(C)cc(C(F)(F)F)cc4n3C)c2Cl)CC1.CC(=O)CCC1CCN(C(=O)c2ccc(Cl)c(Cc3cc4c(C)cc(C(F)(F)F)cc4n3C)c2Cl)CC1. The predicted octanol–water partition coefficient (Wildman–Crippen LogP) is 29.6. The molecule has 16 rings (SSSR count). The molecule has 4 amide bonds. The number of hydrogen-bond acceptors (Lipinski definition) is 9. The Morgan fingerprint density at radius 3 is 0.953 bits per heavy atom. The van der Waals surface area contributed by atoms with Gasteiger partial charge in [-0.05, 0) is 284 Å². The maximum absolute atomic E-state index is 13.4. The van der Waals surface area contributed by atoms with E-state index in [4.69, 9.17) is 92.8 Å². The average molecular weight is 2210 g/mol. The second-order valence-corrected chi connectivity index (χ2v) is 43.5. The van der Waals surface area contributed by atoms with E-state index in [-0.39, 0.29) is 127 Å². The minimum atomic E-state index is -4.45. The number of pyridine rings is 1. The van der Waals surface area contributed by atoms with Crippen LogP contribution in [0, 0.1) is 62.7 Å². The van der Waals surface area contributed by atoms with E-state index >= 15 is 0 Å². The maximum atomic E-state index is 13.4. The number of aryl methyl sites for hydroxylation is 8. The van der Waals surface area contributed by atoms with E-state index in [0.29, 0.717) is 198 Å². The second-order valence-electron chi connectivity index (χ2n) is 40.4. The monoisotopic (exact) mass is 2210 g/mol. The number of rotatable bonds is 21. The number of nitrogens with zero attached hydrogens (tertiary/aromatic N) is 9. The number of halogens is 20. The van der Waals surface area contributed by atoms with Crippen molar-refractivity contribution in [2.75, 3.05) is 52.4 Å². The number of aromatic nitrogens is 5. The molecule has 17 nitrogen and oxygen atoms in total. The van der Waals surface area contributed by atoms with Crippen LogP contribution in [0.4, 0.5) is 52.7 Å². The highest BCUT2D eigenvalue weighted by Gasteiger charge is 2.42. The van der Waals surface area contributed by atoms with Crippen LogP contribution in [0.2, 0.25) is 40.3 Å². The number of Topliss-reactive ketones (excluding diaryl/α,β-unsaturated/α-hetero) is 4. The summed E-state index contributed by atoms with van der Waals surface area (Å²) in [4.78, 5) is 111. The van der Waals surface area contributed by atoms with Crippen LogP contribution in [0.3, 0.4) is 0 Å². The number of alkyl halides is 12. The number of piperidine rings is 4. The highest BCUT2D eigenvalue weighted by atomic mass is 35.5. The molecule has 4 fully saturated rings. The van der Waals surface area contributed by atoms with Gasteiger partial charge in [-0.3, -0.25) is 24.0 Å². The molecule has 0 spiro atoms. The Hall–Kier alpha value is -10.1. The first-order valence-corrected chi connectivity index (χ1v) is 51.7. The number of likely N-dealkylation sites (tertiary alicyclic amines) is 4. The largest absolute Gasteiger partial charge is 0.416 e. The maximum Gasteiger partial charge on any atom is 0.416 e. The third kappa shape index (κ3) is 25.7. The molecule has 0 N–H and O–H groups in total. The van der Waals surface area contributed by atoms with Crippen molar-refractivity contribution in [3.8, 4) is 0 Å². The molecule has 4 aliphatic heterocycles. The molecule has 0 saturated carbocycles. The number of amides is 4. The lowest BCUT2D eigenvalue weighted by Gasteiger charge is -2.39. The molecule has 4 aliphatic rings. The van der Waals surface area contributed by atoms with Crippen LogP contribution in [0.15, 0.2) is 115 Å². The number of ketones is 4. The van der Waals surface area contributed by atoms with Crippen molar-refractivity contribution in [1.29, 1.82) is 0 Å². The van der Waals surface area contributed by atoms with Gasteiger partial charge in [-0.25, -0.2) is 4.98 Å². The quantitative estimate of drug-likeness (QED) is 0.0499. The van der Waals surface area contributed by atoms with Gasteiger partial charge in [0.1, 0.15) is 28.3 Å². The summed E-state index contributed by atoms with van der Waals surface area (Å²) in [5.74, 6) is 1.15. The molecule has 9 heterocycles. The molecular formula is C111H115Cl8F12N9O8. The molecule has 792 valence electrons. The van der Waals surface area contributed by atoms with Crippen molar-refractivity contribution >= 4 is 183 Å². The lowest BCUT2D eigenvalue weighted by Crippen LogP contribution is -2.44. The van der Waals surface area contributed by atoms with Gasteiger partial charge in [0.05, 0.1) is 64.6 Å². The minimum Gasteiger partial charge on any atom is -0.347 e. The molecule has 0 aliphatic carbocycles. The van der Waals surface area contributed by atoms with E-state index in [1.54, 1.807) is 158 Å². The molecule has 148 heavy (non-hydrogen) atoms. The van der Waals surface area contributed by atoms with Crippen molar-refractivity contribution in [3.05, 3.63) is 267 Å². The van der Waals surface area contributed by atoms with Crippen molar-refractivity contribution < 1.29 is 91.0 Å². The van der Waals surface area contributed by atoms with Crippen LogP contribution in [0.1, 0.15) is 250 Å². The summed E-state index contributed by atoms with van der Waals surface area (Å²) in [5.41, 5.74) is 6.92. The predicted molar refractivity (Wildman–Crippen MR) is 560 cm³/mol. The van der Waals surface area contributed by atoms with Gasteiger partial charge in [-0.1, -0.05) is 114 Å². The van der Waals surface area contributed by atoms with Crippen LogP contribution in [0.25, 0.3) is 43.6 Å². The van der Waals surface area contributed by atoms with Crippen molar-refractivity contribution in [1.82, 2.24) is 42.9 Å². The Morgan fingerprint density at radius 2 is 0.649 bits per heavy atom. The van der Waals surface area contributed by atoms with Gasteiger partial charge in [0.25, 0.3) is 23.6 Å². The lowest BCUT2D eigenvalue weighted by molar-refractivity contribution is -0.138. The second kappa shape index (κ2) is 46.2. The first kappa shape index (κ1) is 115. The van der Waals surface area contributed by atoms with Crippen LogP contribution in [-0.4, -0.2) is 142 Å². The van der Waals surface area contributed by atoms with Crippen molar-refractivity contribution in [2.24, 2.45) is 63.2 Å². The molecule has 0 bridgehead atoms. The zero-order valence-electron chi connectivity index (χ0n) is 84.5. The Labute approximate surface area is 891 Å². The average Bonchev–Trinajstić information content (AvgIpc) is 1.62. The van der Waals surface area contributed by atoms with Crippen molar-refractivity contribution in [3.63, 3.8) is 0 Å². The number of carbonyl (C=O) groups is 8. The first-order valence-electron chi connectivity index (χ1n) is 48.7. The van der Waals surface area contributed by atoms with E-state index in [2.05, 4.69) is 4.98 Å². The smallest absolute Gasteiger partial charge is 0.347 e. The molecule has 2 unspecified atom stereocenters. The van der Waals surface area contributed by atoms with Crippen LogP contribution >= 0.6 is 92.8 Å². The number of hydrogen-bond donors (Lipinski definition) is 0. The third-order valence-electron chi connectivity index (χ3n) is 30.1. The molecule has 37 heteroatoms. The summed E-state index contributed by atoms with van der Waals surface area (Å²) >= 11 is 52.8. The summed E-state index contributed by atoms with van der Waals surface area (Å²) in [6.07, 6.45) is -7.64. The Balaban J connectivity index is 0.000000165. The van der Waals surface area contributed by atoms with E-state index in [0.717, 1.165) is 122 Å². The summed E-state index contributed by atoms with van der Waals surface area (Å²) < 4.78 is 167. The standard InChI is InChI=1S/C29H31Cl2F3N2O2.2C28H29Cl2F3N2O2.C26H26Cl2F3N3O2/c1-16-12-19(29(32,33)34)13-25-22(16)14-20(35(25)5)15-23-24(30)7-6-21(26(23)31)27(38)36-10-8-18(9-11-36)28(3,4)17(2)37;1-15-9-19(28(31,32)33)11-25-22(15)12-20(34(25)4)13-23-24(29)6-5-21(26(23)30)27(37)35-8-7-18(10-17(3)36)16(2)14-35;1-16-12-19(28(31,32)33)13-25-22(16)14-20(34(25)3)15-23-24(29)7-6-21(26(23)30)27(37)35-10-8-18(9-11-35)5-4-17(2)36;1-14-8-17(26(29,30)31)10-22-19(14)11-18(33(22)3)12-20-23(27)21(13-32-24(20)28)25(36)34-6-4-16(5-7-34)9-15(2)35/h6-7,12-14,18H,8-11,15H2,1-5H3;5-6,9,11-12,16,18H,7-8,10,13-14H2,1-4H3;6-7,12-14,18H,4-5,8-11,15H2,1-3H3;8,10-11,13,16H,4-7,9,12H2,1-3H3. The fourth-order valence-electron chi connectivity index (χ4n) is 20.7. The van der Waals surface area contributed by atoms with Crippen LogP contribution in [-0.2, 0) is 97.8 Å². The minimum absolute atomic E-state index is 0.134. The molecule has 12 aromatic rings. The van der Waals surface area contributed by atoms with Gasteiger partial charge in [0.2, 0.25) is 0 Å². The third-order valence-corrected chi connectivity index (χ3v) is 33.2. The van der Waals surface area contributed by atoms with Gasteiger partial charge in [0.15, 0.2) is 0 Å². The highest BCUT2D eigenvalue weighted by molar-refractivity contribution is 6.40. The molecule has 4 saturated heterocycles. The molecule has 7 aromatic carbocycles. The molecular weight excluding hydrogens is 2100 g/mol. The summed E-state index contributed by atoms with van der Waals surface area (Å²) in [7, 11) is 6.82. The summed E-state index contributed by atoms with van der Waals surface area (Å²) in [5, 5.41) is 5.06.